The van der Waals surface area contributed by atoms with Gasteiger partial charge in [-0.3, -0.25) is 9.69 Å². The van der Waals surface area contributed by atoms with Crippen LogP contribution in [0.5, 0.6) is 5.75 Å². The van der Waals surface area contributed by atoms with E-state index in [0.29, 0.717) is 23.9 Å². The molecule has 3 N–H and O–H groups in total. The van der Waals surface area contributed by atoms with Gasteiger partial charge in [-0.2, -0.15) is 9.61 Å². The molecule has 188 valence electrons. The number of aromatic nitrogens is 3. The first kappa shape index (κ1) is 26.0. The molecule has 1 aromatic carbocycles. The first-order valence-corrected chi connectivity index (χ1v) is 11.2. The summed E-state index contributed by atoms with van der Waals surface area (Å²) >= 11 is 6.17. The van der Waals surface area contributed by atoms with Crippen LogP contribution in [0.15, 0.2) is 30.5 Å². The minimum absolute atomic E-state index is 0.0968. The number of ether oxygens (including phenoxy) is 3. The molecule has 3 rings (SSSR count). The summed E-state index contributed by atoms with van der Waals surface area (Å²) in [5, 5.41) is 7.08. The second-order valence-corrected chi connectivity index (χ2v) is 9.04. The van der Waals surface area contributed by atoms with Crippen molar-refractivity contribution < 1.29 is 23.8 Å². The molecule has 12 heteroatoms. The molecular weight excluding hydrogens is 476 g/mol. The quantitative estimate of drug-likeness (QED) is 0.271. The number of hydrogen-bond donors (Lipinski definition) is 2. The van der Waals surface area contributed by atoms with Gasteiger partial charge in [0.1, 0.15) is 27.9 Å². The molecule has 0 fully saturated rings. The summed E-state index contributed by atoms with van der Waals surface area (Å²) in [5.74, 6) is 0.497. The van der Waals surface area contributed by atoms with Gasteiger partial charge in [0.25, 0.3) is 5.91 Å². The Morgan fingerprint density at radius 1 is 1.26 bits per heavy atom. The monoisotopic (exact) mass is 504 g/mol. The molecule has 0 unspecified atom stereocenters. The van der Waals surface area contributed by atoms with Gasteiger partial charge in [0.2, 0.25) is 0 Å². The van der Waals surface area contributed by atoms with Gasteiger partial charge in [0.15, 0.2) is 5.65 Å². The second kappa shape index (κ2) is 10.8. The molecule has 0 bridgehead atoms. The number of hydrogen-bond acceptors (Lipinski definition) is 8. The number of carbonyl (C=O) groups is 2. The highest BCUT2D eigenvalue weighted by atomic mass is 35.5. The third kappa shape index (κ3) is 6.52. The van der Waals surface area contributed by atoms with Gasteiger partial charge in [-0.25, -0.2) is 9.78 Å². The molecule has 3 aromatic rings. The van der Waals surface area contributed by atoms with E-state index in [0.717, 1.165) is 5.56 Å². The first-order valence-electron chi connectivity index (χ1n) is 10.8. The fraction of sp³-hybridized carbons (Fsp3) is 0.391. The Morgan fingerprint density at radius 3 is 2.66 bits per heavy atom. The Balaban J connectivity index is 1.63. The van der Waals surface area contributed by atoms with Gasteiger partial charge in [-0.1, -0.05) is 17.7 Å². The SMILES string of the molecule is COc1ccc(COCCNC(=O)c2cnn3c(N(C)C(=O)OC(C)(C)C)cc(Cl)nc23)cc1N. The lowest BCUT2D eigenvalue weighted by molar-refractivity contribution is 0.0587. The van der Waals surface area contributed by atoms with Crippen LogP contribution in [0.1, 0.15) is 36.7 Å². The van der Waals surface area contributed by atoms with Gasteiger partial charge < -0.3 is 25.3 Å². The summed E-state index contributed by atoms with van der Waals surface area (Å²) in [6.45, 7) is 6.16. The molecule has 0 aliphatic heterocycles. The molecule has 0 spiro atoms. The molecule has 0 saturated carbocycles. The van der Waals surface area contributed by atoms with Crippen LogP contribution >= 0.6 is 11.6 Å². The van der Waals surface area contributed by atoms with Gasteiger partial charge in [-0.05, 0) is 38.5 Å². The van der Waals surface area contributed by atoms with Crippen LogP contribution in [0.25, 0.3) is 5.65 Å². The number of nitrogens with two attached hydrogens (primary N) is 1. The van der Waals surface area contributed by atoms with Crippen LogP contribution < -0.4 is 20.7 Å². The molecule has 11 nitrogen and oxygen atoms in total. The van der Waals surface area contributed by atoms with Gasteiger partial charge in [-0.15, -0.1) is 0 Å². The molecule has 0 aliphatic rings. The molecule has 35 heavy (non-hydrogen) atoms. The largest absolute Gasteiger partial charge is 0.495 e. The van der Waals surface area contributed by atoms with Gasteiger partial charge in [0.05, 0.1) is 32.2 Å². The molecule has 0 atom stereocenters. The predicted molar refractivity (Wildman–Crippen MR) is 132 cm³/mol. The molecule has 2 aromatic heterocycles. The van der Waals surface area contributed by atoms with Crippen LogP contribution in [0.2, 0.25) is 5.15 Å². The van der Waals surface area contributed by atoms with Crippen LogP contribution in [-0.4, -0.2) is 59.5 Å². The average Bonchev–Trinajstić information content (AvgIpc) is 3.20. The maximum atomic E-state index is 12.7. The highest BCUT2D eigenvalue weighted by Crippen LogP contribution is 2.24. The normalized spacial score (nSPS) is 11.4. The first-order chi connectivity index (χ1) is 16.5. The summed E-state index contributed by atoms with van der Waals surface area (Å²) in [6, 6.07) is 6.87. The summed E-state index contributed by atoms with van der Waals surface area (Å²) in [7, 11) is 3.08. The number of rotatable bonds is 8. The second-order valence-electron chi connectivity index (χ2n) is 8.65. The highest BCUT2D eigenvalue weighted by Gasteiger charge is 2.24. The van der Waals surface area contributed by atoms with Crippen molar-refractivity contribution in [3.05, 3.63) is 46.7 Å². The molecule has 2 amide bonds. The number of carbonyl (C=O) groups excluding carboxylic acids is 2. The lowest BCUT2D eigenvalue weighted by Gasteiger charge is -2.24. The zero-order valence-electron chi connectivity index (χ0n) is 20.3. The summed E-state index contributed by atoms with van der Waals surface area (Å²) in [6.07, 6.45) is 0.764. The third-order valence-corrected chi connectivity index (χ3v) is 4.97. The Kier molecular flexibility index (Phi) is 8.03. The predicted octanol–water partition coefficient (Wildman–Crippen LogP) is 3.29. The number of anilines is 2. The zero-order valence-corrected chi connectivity index (χ0v) is 21.0. The minimum Gasteiger partial charge on any atom is -0.495 e. The number of methoxy groups -OCH3 is 1. The van der Waals surface area contributed by atoms with E-state index in [9.17, 15) is 9.59 Å². The van der Waals surface area contributed by atoms with E-state index in [1.54, 1.807) is 40.0 Å². The maximum Gasteiger partial charge on any atom is 0.415 e. The Hall–Kier alpha value is -3.57. The summed E-state index contributed by atoms with van der Waals surface area (Å²) in [4.78, 5) is 30.7. The fourth-order valence-electron chi connectivity index (χ4n) is 3.14. The topological polar surface area (TPSA) is 133 Å². The minimum atomic E-state index is -0.682. The number of fused-ring (bicyclic) bond motifs is 1. The molecule has 2 heterocycles. The van der Waals surface area contributed by atoms with Crippen molar-refractivity contribution in [3.8, 4) is 5.75 Å². The van der Waals surface area contributed by atoms with Crippen LogP contribution in [0.4, 0.5) is 16.3 Å². The van der Waals surface area contributed by atoms with E-state index in [1.165, 1.54) is 28.7 Å². The van der Waals surface area contributed by atoms with Gasteiger partial charge in [0, 0.05) is 19.7 Å². The maximum absolute atomic E-state index is 12.7. The van der Waals surface area contributed by atoms with E-state index in [4.69, 9.17) is 31.5 Å². The van der Waals surface area contributed by atoms with E-state index >= 15 is 0 Å². The Morgan fingerprint density at radius 2 is 2.00 bits per heavy atom. The van der Waals surface area contributed by atoms with Crippen molar-refractivity contribution in [2.75, 3.05) is 37.9 Å². The zero-order chi connectivity index (χ0) is 25.8. The Bertz CT molecular complexity index is 1220. The van der Waals surface area contributed by atoms with Crippen molar-refractivity contribution in [1.29, 1.82) is 0 Å². The number of nitrogens with zero attached hydrogens (tertiary/aromatic N) is 4. The number of benzene rings is 1. The van der Waals surface area contributed by atoms with E-state index in [1.807, 2.05) is 6.07 Å². The van der Waals surface area contributed by atoms with Crippen LogP contribution in [0.3, 0.4) is 0 Å². The van der Waals surface area contributed by atoms with Crippen molar-refractivity contribution in [1.82, 2.24) is 19.9 Å². The lowest BCUT2D eigenvalue weighted by atomic mass is 10.2. The van der Waals surface area contributed by atoms with Crippen molar-refractivity contribution in [2.24, 2.45) is 0 Å². The molecular formula is C23H29ClN6O5. The van der Waals surface area contributed by atoms with E-state index in [-0.39, 0.29) is 29.5 Å². The lowest BCUT2D eigenvalue weighted by Crippen LogP contribution is -2.35. The van der Waals surface area contributed by atoms with Crippen molar-refractivity contribution >= 4 is 40.8 Å². The summed E-state index contributed by atoms with van der Waals surface area (Å²) in [5.41, 5.74) is 7.03. The third-order valence-electron chi connectivity index (χ3n) is 4.77. The number of nitrogen functional groups attached to an aromatic ring is 1. The Labute approximate surface area is 208 Å². The molecule has 0 radical (unpaired) electrons. The highest BCUT2D eigenvalue weighted by molar-refractivity contribution is 6.30. The molecule has 0 saturated heterocycles. The number of halogens is 1. The van der Waals surface area contributed by atoms with Crippen molar-refractivity contribution in [2.45, 2.75) is 33.0 Å². The molecule has 0 aliphatic carbocycles. The number of amides is 2. The summed E-state index contributed by atoms with van der Waals surface area (Å²) < 4.78 is 17.5. The van der Waals surface area contributed by atoms with E-state index < -0.39 is 17.6 Å². The average molecular weight is 505 g/mol. The number of nitrogens with one attached hydrogen (secondary N) is 1. The van der Waals surface area contributed by atoms with Crippen LogP contribution in [0, 0.1) is 0 Å². The van der Waals surface area contributed by atoms with E-state index in [2.05, 4.69) is 15.4 Å². The fourth-order valence-corrected chi connectivity index (χ4v) is 3.31. The smallest absolute Gasteiger partial charge is 0.415 e. The van der Waals surface area contributed by atoms with Gasteiger partial charge >= 0.3 is 6.09 Å². The standard InChI is InChI=1S/C23H29ClN6O5/c1-23(2,3)35-22(32)29(4)19-11-18(24)28-20-15(12-27-30(19)20)21(31)26-8-9-34-13-14-6-7-17(33-5)16(25)10-14/h6-7,10-12H,8-9,13,25H2,1-5H3,(H,26,31). The van der Waals surface area contributed by atoms with Crippen molar-refractivity contribution in [3.63, 3.8) is 0 Å². The van der Waals surface area contributed by atoms with Crippen LogP contribution in [-0.2, 0) is 16.1 Å².